The molecule has 0 radical (unpaired) electrons. The van der Waals surface area contributed by atoms with Crippen LogP contribution in [-0.4, -0.2) is 39.6 Å². The Balaban J connectivity index is 0.00000108. The van der Waals surface area contributed by atoms with Crippen molar-refractivity contribution in [2.75, 3.05) is 13.1 Å². The average Bonchev–Trinajstić information content (AvgIpc) is 2.78. The van der Waals surface area contributed by atoms with Gasteiger partial charge in [0.15, 0.2) is 0 Å². The third-order valence-corrected chi connectivity index (χ3v) is 3.89. The van der Waals surface area contributed by atoms with E-state index in [-0.39, 0.29) is 12.4 Å². The first-order valence-electron chi connectivity index (χ1n) is 6.26. The van der Waals surface area contributed by atoms with Crippen molar-refractivity contribution < 1.29 is 0 Å². The van der Waals surface area contributed by atoms with Crippen molar-refractivity contribution in [2.24, 2.45) is 7.05 Å². The molecular formula is C12H21ClN4. The second kappa shape index (κ2) is 5.38. The van der Waals surface area contributed by atoms with Gasteiger partial charge in [-0.2, -0.15) is 0 Å². The third-order valence-electron chi connectivity index (χ3n) is 3.89. The smallest absolute Gasteiger partial charge is 0.122 e. The number of nitrogens with one attached hydrogen (secondary N) is 1. The number of hydrogen-bond acceptors (Lipinski definition) is 3. The number of hydrogen-bond donors (Lipinski definition) is 1. The minimum Gasteiger partial charge on any atom is -0.337 e. The SMILES string of the molecule is Cl.Cn1ccnc1CN1CCC2CCC(C1)N2. The van der Waals surface area contributed by atoms with Crippen LogP contribution in [0.15, 0.2) is 12.4 Å². The number of aryl methyl sites for hydroxylation is 1. The van der Waals surface area contributed by atoms with Gasteiger partial charge in [-0.3, -0.25) is 4.90 Å². The summed E-state index contributed by atoms with van der Waals surface area (Å²) < 4.78 is 2.12. The van der Waals surface area contributed by atoms with Crippen molar-refractivity contribution in [3.63, 3.8) is 0 Å². The number of rotatable bonds is 2. The van der Waals surface area contributed by atoms with Crippen LogP contribution in [0.4, 0.5) is 0 Å². The van der Waals surface area contributed by atoms with Gasteiger partial charge >= 0.3 is 0 Å². The van der Waals surface area contributed by atoms with Crippen molar-refractivity contribution in [1.82, 2.24) is 19.8 Å². The Labute approximate surface area is 109 Å². The Kier molecular flexibility index (Phi) is 4.07. The Bertz CT molecular complexity index is 365. The summed E-state index contributed by atoms with van der Waals surface area (Å²) in [5, 5.41) is 3.71. The van der Waals surface area contributed by atoms with Gasteiger partial charge in [0.2, 0.25) is 0 Å². The topological polar surface area (TPSA) is 33.1 Å². The summed E-state index contributed by atoms with van der Waals surface area (Å²) in [5.41, 5.74) is 0. The van der Waals surface area contributed by atoms with E-state index in [1.165, 1.54) is 38.2 Å². The predicted octanol–water partition coefficient (Wildman–Crippen LogP) is 1.17. The van der Waals surface area contributed by atoms with Crippen LogP contribution in [0, 0.1) is 0 Å². The van der Waals surface area contributed by atoms with Gasteiger partial charge in [-0.25, -0.2) is 4.98 Å². The zero-order chi connectivity index (χ0) is 11.0. The normalized spacial score (nSPS) is 28.8. The summed E-state index contributed by atoms with van der Waals surface area (Å²) in [7, 11) is 2.07. The molecule has 4 nitrogen and oxygen atoms in total. The van der Waals surface area contributed by atoms with E-state index in [0.29, 0.717) is 6.04 Å². The average molecular weight is 257 g/mol. The van der Waals surface area contributed by atoms with E-state index in [2.05, 4.69) is 26.8 Å². The first-order valence-corrected chi connectivity index (χ1v) is 6.26. The Morgan fingerprint density at radius 1 is 1.35 bits per heavy atom. The second-order valence-electron chi connectivity index (χ2n) is 5.12. The number of likely N-dealkylation sites (tertiary alicyclic amines) is 1. The summed E-state index contributed by atoms with van der Waals surface area (Å²) in [6.07, 6.45) is 7.93. The Morgan fingerprint density at radius 2 is 2.18 bits per heavy atom. The number of imidazole rings is 1. The summed E-state index contributed by atoms with van der Waals surface area (Å²) in [5.74, 6) is 1.18. The monoisotopic (exact) mass is 256 g/mol. The molecule has 17 heavy (non-hydrogen) atoms. The lowest BCUT2D eigenvalue weighted by molar-refractivity contribution is 0.243. The zero-order valence-corrected chi connectivity index (χ0v) is 11.1. The molecule has 0 amide bonds. The molecule has 0 aromatic carbocycles. The van der Waals surface area contributed by atoms with Gasteiger partial charge in [-0.1, -0.05) is 0 Å². The van der Waals surface area contributed by atoms with Gasteiger partial charge in [0, 0.05) is 44.6 Å². The first-order chi connectivity index (χ1) is 7.81. The van der Waals surface area contributed by atoms with Crippen molar-refractivity contribution in [1.29, 1.82) is 0 Å². The standard InChI is InChI=1S/C12H20N4.ClH/c1-15-7-5-13-12(15)9-16-6-4-10-2-3-11(8-16)14-10;/h5,7,10-11,14H,2-4,6,8-9H2,1H3;1H. The minimum atomic E-state index is 0. The molecule has 1 aromatic rings. The lowest BCUT2D eigenvalue weighted by Crippen LogP contribution is -2.35. The molecule has 0 saturated carbocycles. The highest BCUT2D eigenvalue weighted by Crippen LogP contribution is 2.21. The van der Waals surface area contributed by atoms with Gasteiger partial charge in [-0.15, -0.1) is 12.4 Å². The van der Waals surface area contributed by atoms with Crippen LogP contribution >= 0.6 is 12.4 Å². The summed E-state index contributed by atoms with van der Waals surface area (Å²) in [6, 6.07) is 1.49. The molecule has 3 heterocycles. The Morgan fingerprint density at radius 3 is 2.94 bits per heavy atom. The highest BCUT2D eigenvalue weighted by molar-refractivity contribution is 5.85. The molecule has 0 aliphatic carbocycles. The van der Waals surface area contributed by atoms with Crippen molar-refractivity contribution in [3.05, 3.63) is 18.2 Å². The van der Waals surface area contributed by atoms with E-state index in [1.807, 2.05) is 12.4 Å². The maximum atomic E-state index is 4.40. The minimum absolute atomic E-state index is 0. The molecule has 1 N–H and O–H groups in total. The number of nitrogens with zero attached hydrogens (tertiary/aromatic N) is 3. The molecule has 2 aliphatic heterocycles. The molecule has 2 aliphatic rings. The molecule has 2 bridgehead atoms. The van der Waals surface area contributed by atoms with Gasteiger partial charge in [0.05, 0.1) is 6.54 Å². The molecular weight excluding hydrogens is 236 g/mol. The van der Waals surface area contributed by atoms with E-state index in [0.717, 1.165) is 12.6 Å². The largest absolute Gasteiger partial charge is 0.337 e. The molecule has 0 spiro atoms. The molecule has 2 unspecified atom stereocenters. The number of aromatic nitrogens is 2. The fourth-order valence-electron chi connectivity index (χ4n) is 2.91. The summed E-state index contributed by atoms with van der Waals surface area (Å²) in [6.45, 7) is 3.39. The maximum absolute atomic E-state index is 4.40. The summed E-state index contributed by atoms with van der Waals surface area (Å²) in [4.78, 5) is 6.94. The van der Waals surface area contributed by atoms with Crippen LogP contribution in [0.5, 0.6) is 0 Å². The van der Waals surface area contributed by atoms with Gasteiger partial charge in [0.1, 0.15) is 5.82 Å². The Hall–Kier alpha value is -0.580. The molecule has 5 heteroatoms. The fourth-order valence-corrected chi connectivity index (χ4v) is 2.91. The van der Waals surface area contributed by atoms with E-state index < -0.39 is 0 Å². The van der Waals surface area contributed by atoms with Crippen molar-refractivity contribution >= 4 is 12.4 Å². The lowest BCUT2D eigenvalue weighted by Gasteiger charge is -2.23. The molecule has 2 fully saturated rings. The van der Waals surface area contributed by atoms with E-state index in [1.54, 1.807) is 0 Å². The maximum Gasteiger partial charge on any atom is 0.122 e. The molecule has 96 valence electrons. The van der Waals surface area contributed by atoms with Crippen LogP contribution in [0.1, 0.15) is 25.1 Å². The molecule has 3 rings (SSSR count). The number of halogens is 1. The lowest BCUT2D eigenvalue weighted by atomic mass is 10.1. The van der Waals surface area contributed by atoms with Gasteiger partial charge in [0.25, 0.3) is 0 Å². The highest BCUT2D eigenvalue weighted by atomic mass is 35.5. The second-order valence-corrected chi connectivity index (χ2v) is 5.12. The van der Waals surface area contributed by atoms with Crippen LogP contribution in [0.25, 0.3) is 0 Å². The highest BCUT2D eigenvalue weighted by Gasteiger charge is 2.29. The third kappa shape index (κ3) is 2.81. The van der Waals surface area contributed by atoms with Crippen LogP contribution in [0.2, 0.25) is 0 Å². The van der Waals surface area contributed by atoms with E-state index in [4.69, 9.17) is 0 Å². The first kappa shape index (κ1) is 12.9. The van der Waals surface area contributed by atoms with E-state index in [9.17, 15) is 0 Å². The molecule has 1 aromatic heterocycles. The fraction of sp³-hybridized carbons (Fsp3) is 0.750. The van der Waals surface area contributed by atoms with Crippen LogP contribution < -0.4 is 5.32 Å². The zero-order valence-electron chi connectivity index (χ0n) is 10.3. The van der Waals surface area contributed by atoms with Crippen LogP contribution in [0.3, 0.4) is 0 Å². The van der Waals surface area contributed by atoms with Crippen molar-refractivity contribution in [2.45, 2.75) is 37.9 Å². The predicted molar refractivity (Wildman–Crippen MR) is 70.3 cm³/mol. The number of fused-ring (bicyclic) bond motifs is 2. The van der Waals surface area contributed by atoms with E-state index >= 15 is 0 Å². The van der Waals surface area contributed by atoms with Crippen molar-refractivity contribution in [3.8, 4) is 0 Å². The summed E-state index contributed by atoms with van der Waals surface area (Å²) >= 11 is 0. The quantitative estimate of drug-likeness (QED) is 0.862. The van der Waals surface area contributed by atoms with Crippen LogP contribution in [-0.2, 0) is 13.6 Å². The van der Waals surface area contributed by atoms with Gasteiger partial charge < -0.3 is 9.88 Å². The van der Waals surface area contributed by atoms with Gasteiger partial charge in [-0.05, 0) is 19.3 Å². The molecule has 2 atom stereocenters. The molecule has 2 saturated heterocycles.